The molecule has 0 saturated carbocycles. The summed E-state index contributed by atoms with van der Waals surface area (Å²) in [5.41, 5.74) is 3.77. The second-order valence-electron chi connectivity index (χ2n) is 5.76. The number of hydrogen-bond donors (Lipinski definition) is 0. The van der Waals surface area contributed by atoms with E-state index in [0.717, 1.165) is 32.8 Å². The average Bonchev–Trinajstić information content (AvgIpc) is 3.01. The second-order valence-corrected chi connectivity index (χ2v) is 5.76. The van der Waals surface area contributed by atoms with Crippen molar-refractivity contribution in [2.45, 2.75) is 25.9 Å². The first-order valence-electron chi connectivity index (χ1n) is 7.45. The predicted molar refractivity (Wildman–Crippen MR) is 79.8 cm³/mol. The lowest BCUT2D eigenvalue weighted by molar-refractivity contribution is 0.104. The Morgan fingerprint density at radius 2 is 2.14 bits per heavy atom. The molecule has 0 aliphatic carbocycles. The van der Waals surface area contributed by atoms with Gasteiger partial charge in [0.15, 0.2) is 0 Å². The van der Waals surface area contributed by atoms with Crippen molar-refractivity contribution < 1.29 is 4.74 Å². The molecule has 1 aliphatic rings. The number of hydrogen-bond acceptors (Lipinski definition) is 4. The SMILES string of the molecule is CCOC[C@@H]1CN(Cc2cnn(C)c2)Cc2cn(C)nc21. The highest BCUT2D eigenvalue weighted by Crippen LogP contribution is 2.28. The Kier molecular flexibility index (Phi) is 4.07. The highest BCUT2D eigenvalue weighted by atomic mass is 16.5. The maximum Gasteiger partial charge on any atom is 0.0736 e. The Hall–Kier alpha value is -1.66. The van der Waals surface area contributed by atoms with Crippen LogP contribution in [0.3, 0.4) is 0 Å². The average molecular weight is 289 g/mol. The van der Waals surface area contributed by atoms with Crippen molar-refractivity contribution in [3.05, 3.63) is 35.4 Å². The van der Waals surface area contributed by atoms with E-state index < -0.39 is 0 Å². The van der Waals surface area contributed by atoms with E-state index >= 15 is 0 Å². The molecule has 0 amide bonds. The number of ether oxygens (including phenoxy) is 1. The zero-order valence-corrected chi connectivity index (χ0v) is 13.0. The normalized spacial score (nSPS) is 18.9. The molecule has 114 valence electrons. The standard InChI is InChI=1S/C15H23N5O/c1-4-21-11-14-10-20(7-12-5-16-18(2)6-12)9-13-8-19(3)17-15(13)14/h5-6,8,14H,4,7,9-11H2,1-3H3/t14-/m0/s1. The van der Waals surface area contributed by atoms with Crippen molar-refractivity contribution in [3.63, 3.8) is 0 Å². The molecule has 0 N–H and O–H groups in total. The van der Waals surface area contributed by atoms with Gasteiger partial charge in [-0.25, -0.2) is 0 Å². The first-order chi connectivity index (χ1) is 10.2. The Morgan fingerprint density at radius 1 is 1.29 bits per heavy atom. The fourth-order valence-electron chi connectivity index (χ4n) is 3.05. The minimum absolute atomic E-state index is 0.353. The van der Waals surface area contributed by atoms with Crippen molar-refractivity contribution in [1.29, 1.82) is 0 Å². The van der Waals surface area contributed by atoms with Crippen molar-refractivity contribution in [1.82, 2.24) is 24.5 Å². The van der Waals surface area contributed by atoms with E-state index in [1.807, 2.05) is 36.6 Å². The summed E-state index contributed by atoms with van der Waals surface area (Å²) < 4.78 is 9.42. The van der Waals surface area contributed by atoms with E-state index in [1.54, 1.807) is 0 Å². The van der Waals surface area contributed by atoms with E-state index in [9.17, 15) is 0 Å². The Bertz CT molecular complexity index is 603. The fraction of sp³-hybridized carbons (Fsp3) is 0.600. The monoisotopic (exact) mass is 289 g/mol. The van der Waals surface area contributed by atoms with Crippen LogP contribution in [0.25, 0.3) is 0 Å². The molecule has 0 unspecified atom stereocenters. The number of fused-ring (bicyclic) bond motifs is 1. The van der Waals surface area contributed by atoms with Crippen LogP contribution >= 0.6 is 0 Å². The van der Waals surface area contributed by atoms with Crippen LogP contribution in [-0.4, -0.2) is 44.2 Å². The molecule has 0 radical (unpaired) electrons. The first-order valence-corrected chi connectivity index (χ1v) is 7.45. The summed E-state index contributed by atoms with van der Waals surface area (Å²) in [6.07, 6.45) is 6.15. The van der Waals surface area contributed by atoms with E-state index in [4.69, 9.17) is 4.74 Å². The largest absolute Gasteiger partial charge is 0.381 e. The van der Waals surface area contributed by atoms with Gasteiger partial charge in [0, 0.05) is 69.8 Å². The quantitative estimate of drug-likeness (QED) is 0.832. The van der Waals surface area contributed by atoms with E-state index in [2.05, 4.69) is 27.5 Å². The Balaban J connectivity index is 1.76. The molecule has 0 bridgehead atoms. The van der Waals surface area contributed by atoms with Crippen molar-refractivity contribution in [2.75, 3.05) is 19.8 Å². The topological polar surface area (TPSA) is 48.1 Å². The van der Waals surface area contributed by atoms with Crippen LogP contribution in [0.2, 0.25) is 0 Å². The molecule has 2 aromatic heterocycles. The minimum Gasteiger partial charge on any atom is -0.381 e. The zero-order valence-electron chi connectivity index (χ0n) is 13.0. The molecular weight excluding hydrogens is 266 g/mol. The molecule has 21 heavy (non-hydrogen) atoms. The lowest BCUT2D eigenvalue weighted by atomic mass is 9.97. The maximum absolute atomic E-state index is 5.65. The molecule has 0 saturated heterocycles. The lowest BCUT2D eigenvalue weighted by Crippen LogP contribution is -2.34. The molecular formula is C15H23N5O. The van der Waals surface area contributed by atoms with E-state index in [-0.39, 0.29) is 0 Å². The summed E-state index contributed by atoms with van der Waals surface area (Å²) in [4.78, 5) is 2.45. The van der Waals surface area contributed by atoms with Crippen LogP contribution < -0.4 is 0 Å². The van der Waals surface area contributed by atoms with Crippen molar-refractivity contribution >= 4 is 0 Å². The minimum atomic E-state index is 0.353. The van der Waals surface area contributed by atoms with Crippen LogP contribution in [-0.2, 0) is 31.9 Å². The summed E-state index contributed by atoms with van der Waals surface area (Å²) in [7, 11) is 3.94. The first kappa shape index (κ1) is 14.3. The van der Waals surface area contributed by atoms with E-state index in [0.29, 0.717) is 5.92 Å². The van der Waals surface area contributed by atoms with Gasteiger partial charge >= 0.3 is 0 Å². The van der Waals surface area contributed by atoms with Gasteiger partial charge in [0.05, 0.1) is 18.5 Å². The van der Waals surface area contributed by atoms with Gasteiger partial charge in [-0.3, -0.25) is 14.3 Å². The molecule has 3 heterocycles. The molecule has 3 rings (SSSR count). The second kappa shape index (κ2) is 5.99. The lowest BCUT2D eigenvalue weighted by Gasteiger charge is -2.31. The Morgan fingerprint density at radius 3 is 2.86 bits per heavy atom. The maximum atomic E-state index is 5.65. The van der Waals surface area contributed by atoms with Crippen LogP contribution in [0, 0.1) is 0 Å². The fourth-order valence-corrected chi connectivity index (χ4v) is 3.05. The summed E-state index contributed by atoms with van der Waals surface area (Å²) in [6, 6.07) is 0. The van der Waals surface area contributed by atoms with Gasteiger partial charge < -0.3 is 4.74 Å². The summed E-state index contributed by atoms with van der Waals surface area (Å²) in [6.45, 7) is 6.38. The number of aromatic nitrogens is 4. The molecule has 6 heteroatoms. The predicted octanol–water partition coefficient (Wildman–Crippen LogP) is 1.29. The van der Waals surface area contributed by atoms with Crippen molar-refractivity contribution in [3.8, 4) is 0 Å². The third-order valence-corrected chi connectivity index (χ3v) is 3.88. The third-order valence-electron chi connectivity index (χ3n) is 3.88. The molecule has 0 fully saturated rings. The summed E-state index contributed by atoms with van der Waals surface area (Å²) in [5.74, 6) is 0.353. The van der Waals surface area contributed by atoms with Gasteiger partial charge in [-0.05, 0) is 6.92 Å². The summed E-state index contributed by atoms with van der Waals surface area (Å²) in [5, 5.41) is 8.87. The molecule has 0 spiro atoms. The van der Waals surface area contributed by atoms with Crippen LogP contribution in [0.5, 0.6) is 0 Å². The molecule has 6 nitrogen and oxygen atoms in total. The van der Waals surface area contributed by atoms with Gasteiger partial charge in [0.25, 0.3) is 0 Å². The number of rotatable bonds is 5. The molecule has 0 aromatic carbocycles. The van der Waals surface area contributed by atoms with Gasteiger partial charge in [0.2, 0.25) is 0 Å². The van der Waals surface area contributed by atoms with Gasteiger partial charge in [-0.1, -0.05) is 0 Å². The van der Waals surface area contributed by atoms with E-state index in [1.165, 1.54) is 16.8 Å². The van der Waals surface area contributed by atoms with Gasteiger partial charge in [-0.2, -0.15) is 10.2 Å². The number of nitrogens with zero attached hydrogens (tertiary/aromatic N) is 5. The summed E-state index contributed by atoms with van der Waals surface area (Å²) >= 11 is 0. The zero-order chi connectivity index (χ0) is 14.8. The number of aryl methyl sites for hydroxylation is 2. The van der Waals surface area contributed by atoms with Gasteiger partial charge in [-0.15, -0.1) is 0 Å². The highest BCUT2D eigenvalue weighted by Gasteiger charge is 2.28. The van der Waals surface area contributed by atoms with Crippen LogP contribution in [0.4, 0.5) is 0 Å². The molecule has 1 aliphatic heterocycles. The third kappa shape index (κ3) is 3.16. The molecule has 2 aromatic rings. The van der Waals surface area contributed by atoms with Crippen LogP contribution in [0.1, 0.15) is 29.7 Å². The van der Waals surface area contributed by atoms with Gasteiger partial charge in [0.1, 0.15) is 0 Å². The Labute approximate surface area is 125 Å². The smallest absolute Gasteiger partial charge is 0.0736 e. The molecule has 1 atom stereocenters. The van der Waals surface area contributed by atoms with Crippen molar-refractivity contribution in [2.24, 2.45) is 14.1 Å². The van der Waals surface area contributed by atoms with Crippen LogP contribution in [0.15, 0.2) is 18.6 Å². The highest BCUT2D eigenvalue weighted by molar-refractivity contribution is 5.25.